The highest BCUT2D eigenvalue weighted by Crippen LogP contribution is 1.96. The zero-order valence-electron chi connectivity index (χ0n) is 6.29. The number of carbonyl (C=O) groups is 3. The van der Waals surface area contributed by atoms with Crippen molar-refractivity contribution in [2.45, 2.75) is 6.92 Å². The molecule has 0 aliphatic carbocycles. The molecule has 12 heavy (non-hydrogen) atoms. The van der Waals surface area contributed by atoms with E-state index in [0.29, 0.717) is 5.06 Å². The Hall–Kier alpha value is -1.63. The van der Waals surface area contributed by atoms with Gasteiger partial charge in [0.2, 0.25) is 0 Å². The number of amides is 3. The molecule has 0 bridgehead atoms. The quantitative estimate of drug-likeness (QED) is 0.505. The standard InChI is InChI=1S/C5H7N3O4/c1-3(9)12-8-4(10)2-6-7-5(8)11/h6H,2H2,1H3,(H,7,11). The molecule has 7 nitrogen and oxygen atoms in total. The molecule has 2 N–H and O–H groups in total. The smallest absolute Gasteiger partial charge is 0.329 e. The van der Waals surface area contributed by atoms with Crippen molar-refractivity contribution >= 4 is 17.9 Å². The molecule has 1 rings (SSSR count). The van der Waals surface area contributed by atoms with E-state index in [9.17, 15) is 14.4 Å². The Morgan fingerprint density at radius 1 is 1.58 bits per heavy atom. The fourth-order valence-electron chi connectivity index (χ4n) is 0.652. The molecule has 0 saturated carbocycles. The van der Waals surface area contributed by atoms with Gasteiger partial charge in [-0.3, -0.25) is 10.2 Å². The molecule has 1 fully saturated rings. The average Bonchev–Trinajstić information content (AvgIpc) is 1.97. The van der Waals surface area contributed by atoms with Crippen LogP contribution >= 0.6 is 0 Å². The van der Waals surface area contributed by atoms with Gasteiger partial charge < -0.3 is 4.84 Å². The van der Waals surface area contributed by atoms with Crippen LogP contribution in [-0.4, -0.2) is 29.5 Å². The largest absolute Gasteiger partial charge is 0.372 e. The van der Waals surface area contributed by atoms with Crippen molar-refractivity contribution < 1.29 is 19.2 Å². The molecule has 0 unspecified atom stereocenters. The van der Waals surface area contributed by atoms with Crippen molar-refractivity contribution in [1.29, 1.82) is 0 Å². The highest BCUT2D eigenvalue weighted by atomic mass is 16.7. The lowest BCUT2D eigenvalue weighted by atomic mass is 10.5. The van der Waals surface area contributed by atoms with Crippen LogP contribution in [0.3, 0.4) is 0 Å². The molecular formula is C5H7N3O4. The highest BCUT2D eigenvalue weighted by molar-refractivity contribution is 5.96. The van der Waals surface area contributed by atoms with E-state index in [1.54, 1.807) is 0 Å². The fourth-order valence-corrected chi connectivity index (χ4v) is 0.652. The number of imide groups is 1. The van der Waals surface area contributed by atoms with Crippen LogP contribution in [0.1, 0.15) is 6.92 Å². The molecule has 0 aromatic rings. The number of hydrogen-bond donors (Lipinski definition) is 2. The minimum atomic E-state index is -0.804. The predicted molar refractivity (Wildman–Crippen MR) is 35.1 cm³/mol. The van der Waals surface area contributed by atoms with E-state index in [4.69, 9.17) is 0 Å². The number of hydrogen-bond acceptors (Lipinski definition) is 5. The second-order valence-electron chi connectivity index (χ2n) is 2.05. The third-order valence-corrected chi connectivity index (χ3v) is 1.07. The van der Waals surface area contributed by atoms with Crippen LogP contribution in [0, 0.1) is 0 Å². The van der Waals surface area contributed by atoms with Crippen molar-refractivity contribution in [2.24, 2.45) is 0 Å². The van der Waals surface area contributed by atoms with E-state index in [0.717, 1.165) is 6.92 Å². The Morgan fingerprint density at radius 2 is 2.25 bits per heavy atom. The molecule has 0 spiro atoms. The third kappa shape index (κ3) is 1.70. The lowest BCUT2D eigenvalue weighted by Crippen LogP contribution is -2.58. The van der Waals surface area contributed by atoms with Crippen LogP contribution < -0.4 is 10.9 Å². The number of nitrogens with one attached hydrogen (secondary N) is 2. The Morgan fingerprint density at radius 3 is 2.75 bits per heavy atom. The van der Waals surface area contributed by atoms with E-state index < -0.39 is 17.9 Å². The maximum Gasteiger partial charge on any atom is 0.372 e. The summed E-state index contributed by atoms with van der Waals surface area (Å²) in [5, 5.41) is 0.374. The van der Waals surface area contributed by atoms with Crippen LogP contribution in [0.5, 0.6) is 0 Å². The highest BCUT2D eigenvalue weighted by Gasteiger charge is 2.28. The molecule has 0 radical (unpaired) electrons. The summed E-state index contributed by atoms with van der Waals surface area (Å²) in [5.41, 5.74) is 4.41. The van der Waals surface area contributed by atoms with Crippen molar-refractivity contribution in [3.05, 3.63) is 0 Å². The van der Waals surface area contributed by atoms with Gasteiger partial charge in [-0.25, -0.2) is 15.0 Å². The number of carbonyl (C=O) groups excluding carboxylic acids is 3. The fraction of sp³-hybridized carbons (Fsp3) is 0.400. The molecule has 66 valence electrons. The summed E-state index contributed by atoms with van der Waals surface area (Å²) in [6.45, 7) is 1.00. The molecule has 0 aromatic carbocycles. The van der Waals surface area contributed by atoms with E-state index in [-0.39, 0.29) is 6.54 Å². The monoisotopic (exact) mass is 173 g/mol. The van der Waals surface area contributed by atoms with Gasteiger partial charge in [-0.15, -0.1) is 0 Å². The minimum Gasteiger partial charge on any atom is -0.329 e. The number of nitrogens with zero attached hydrogens (tertiary/aromatic N) is 1. The summed E-state index contributed by atoms with van der Waals surface area (Å²) in [7, 11) is 0. The topological polar surface area (TPSA) is 87.7 Å². The van der Waals surface area contributed by atoms with Gasteiger partial charge in [0.15, 0.2) is 0 Å². The summed E-state index contributed by atoms with van der Waals surface area (Å²) in [5.74, 6) is -1.34. The molecule has 7 heteroatoms. The second kappa shape index (κ2) is 3.18. The van der Waals surface area contributed by atoms with Crippen molar-refractivity contribution in [3.63, 3.8) is 0 Å². The summed E-state index contributed by atoms with van der Waals surface area (Å²) in [6, 6.07) is -0.804. The molecule has 0 atom stereocenters. The number of hydroxylamine groups is 2. The van der Waals surface area contributed by atoms with Crippen LogP contribution in [0.4, 0.5) is 4.79 Å². The maximum atomic E-state index is 10.9. The van der Waals surface area contributed by atoms with Crippen LogP contribution in [0.2, 0.25) is 0 Å². The lowest BCUT2D eigenvalue weighted by molar-refractivity contribution is -0.185. The zero-order valence-corrected chi connectivity index (χ0v) is 6.29. The van der Waals surface area contributed by atoms with Crippen molar-refractivity contribution in [2.75, 3.05) is 6.54 Å². The van der Waals surface area contributed by atoms with Crippen LogP contribution in [-0.2, 0) is 14.4 Å². The van der Waals surface area contributed by atoms with E-state index in [1.807, 2.05) is 0 Å². The van der Waals surface area contributed by atoms with Gasteiger partial charge in [0.25, 0.3) is 5.91 Å². The minimum absolute atomic E-state index is 0.0982. The maximum absolute atomic E-state index is 10.9. The second-order valence-corrected chi connectivity index (χ2v) is 2.05. The zero-order chi connectivity index (χ0) is 9.14. The van der Waals surface area contributed by atoms with Crippen LogP contribution in [0.25, 0.3) is 0 Å². The molecule has 3 amide bonds. The van der Waals surface area contributed by atoms with Gasteiger partial charge in [0.1, 0.15) is 0 Å². The SMILES string of the molecule is CC(=O)ON1C(=O)CNNC1=O. The first-order valence-electron chi connectivity index (χ1n) is 3.15. The molecular weight excluding hydrogens is 166 g/mol. The first kappa shape index (κ1) is 8.47. The first-order valence-corrected chi connectivity index (χ1v) is 3.15. The van der Waals surface area contributed by atoms with Gasteiger partial charge in [0, 0.05) is 6.92 Å². The lowest BCUT2D eigenvalue weighted by Gasteiger charge is -2.23. The van der Waals surface area contributed by atoms with E-state index >= 15 is 0 Å². The number of urea groups is 1. The van der Waals surface area contributed by atoms with Gasteiger partial charge in [-0.05, 0) is 0 Å². The van der Waals surface area contributed by atoms with Crippen LogP contribution in [0.15, 0.2) is 0 Å². The van der Waals surface area contributed by atoms with Gasteiger partial charge >= 0.3 is 12.0 Å². The van der Waals surface area contributed by atoms with Gasteiger partial charge in [-0.1, -0.05) is 5.06 Å². The predicted octanol–water partition coefficient (Wildman–Crippen LogP) is -1.48. The van der Waals surface area contributed by atoms with Crippen molar-refractivity contribution in [1.82, 2.24) is 15.9 Å². The number of hydrazine groups is 1. The molecule has 1 saturated heterocycles. The van der Waals surface area contributed by atoms with Gasteiger partial charge in [0.05, 0.1) is 6.54 Å². The van der Waals surface area contributed by atoms with Gasteiger partial charge in [-0.2, -0.15) is 0 Å². The Labute approximate surface area is 67.6 Å². The summed E-state index contributed by atoms with van der Waals surface area (Å²) in [4.78, 5) is 36.4. The van der Waals surface area contributed by atoms with Crippen molar-refractivity contribution in [3.8, 4) is 0 Å². The van der Waals surface area contributed by atoms with E-state index in [2.05, 4.69) is 15.7 Å². The average molecular weight is 173 g/mol. The molecule has 1 heterocycles. The molecule has 1 aliphatic rings. The summed E-state index contributed by atoms with van der Waals surface area (Å²) in [6.07, 6.45) is 0. The Bertz CT molecular complexity index is 223. The summed E-state index contributed by atoms with van der Waals surface area (Å²) >= 11 is 0. The summed E-state index contributed by atoms with van der Waals surface area (Å²) < 4.78 is 0. The first-order chi connectivity index (χ1) is 5.61. The Balaban J connectivity index is 2.63. The Kier molecular flexibility index (Phi) is 2.24. The molecule has 1 aliphatic heterocycles. The van der Waals surface area contributed by atoms with E-state index in [1.165, 1.54) is 0 Å². The normalized spacial score (nSPS) is 17.2. The molecule has 0 aromatic heterocycles. The third-order valence-electron chi connectivity index (χ3n) is 1.07. The number of rotatable bonds is 1.